The van der Waals surface area contributed by atoms with E-state index in [0.717, 1.165) is 52.4 Å². The predicted molar refractivity (Wildman–Crippen MR) is 136 cm³/mol. The number of aliphatic hydroxyl groups excluding tert-OH is 1. The van der Waals surface area contributed by atoms with Crippen molar-refractivity contribution in [2.75, 3.05) is 25.0 Å². The third-order valence-corrected chi connectivity index (χ3v) is 6.00. The van der Waals surface area contributed by atoms with Crippen molar-refractivity contribution < 1.29 is 14.9 Å². The van der Waals surface area contributed by atoms with Crippen molar-refractivity contribution in [1.82, 2.24) is 10.3 Å². The van der Waals surface area contributed by atoms with Crippen LogP contribution in [-0.4, -0.2) is 41.0 Å². The number of nitrogens with one attached hydrogen (secondary N) is 3. The minimum absolute atomic E-state index is 0.157. The SMILES string of the molecule is O=c1[nH]c(O)c(Nc2ccc(CCNC[C@H](O)COc3ccc(-c4ccccc4)cc3)cc2)s1. The summed E-state index contributed by atoms with van der Waals surface area (Å²) >= 11 is 0.919. The summed E-state index contributed by atoms with van der Waals surface area (Å²) in [7, 11) is 0. The van der Waals surface area contributed by atoms with E-state index in [0.29, 0.717) is 11.5 Å². The first-order valence-corrected chi connectivity index (χ1v) is 11.8. The average molecular weight is 478 g/mol. The normalized spacial score (nSPS) is 11.8. The first kappa shape index (κ1) is 23.6. The van der Waals surface area contributed by atoms with Crippen LogP contribution in [0.1, 0.15) is 5.56 Å². The molecule has 0 radical (unpaired) electrons. The summed E-state index contributed by atoms with van der Waals surface area (Å²) in [4.78, 5) is 13.3. The molecular formula is C26H27N3O4S. The highest BCUT2D eigenvalue weighted by molar-refractivity contribution is 7.13. The van der Waals surface area contributed by atoms with Crippen LogP contribution in [0.4, 0.5) is 10.7 Å². The molecule has 0 amide bonds. The van der Waals surface area contributed by atoms with E-state index < -0.39 is 6.10 Å². The van der Waals surface area contributed by atoms with E-state index in [1.807, 2.05) is 66.7 Å². The molecule has 0 bridgehead atoms. The third-order valence-electron chi connectivity index (χ3n) is 5.22. The summed E-state index contributed by atoms with van der Waals surface area (Å²) in [6.45, 7) is 1.37. The van der Waals surface area contributed by atoms with Crippen molar-refractivity contribution in [3.63, 3.8) is 0 Å². The van der Waals surface area contributed by atoms with Gasteiger partial charge in [0.1, 0.15) is 18.5 Å². The summed E-state index contributed by atoms with van der Waals surface area (Å²) in [5, 5.41) is 26.5. The van der Waals surface area contributed by atoms with Gasteiger partial charge in [0.05, 0.1) is 0 Å². The van der Waals surface area contributed by atoms with E-state index in [2.05, 4.69) is 27.8 Å². The van der Waals surface area contributed by atoms with Crippen molar-refractivity contribution in [2.24, 2.45) is 0 Å². The summed E-state index contributed by atoms with van der Waals surface area (Å²) in [6.07, 6.45) is 0.193. The number of H-pyrrole nitrogens is 1. The molecule has 0 aliphatic rings. The quantitative estimate of drug-likeness (QED) is 0.208. The molecule has 0 aliphatic heterocycles. The molecule has 1 heterocycles. The second-order valence-corrected chi connectivity index (χ2v) is 8.81. The summed E-state index contributed by atoms with van der Waals surface area (Å²) < 4.78 is 5.71. The maximum atomic E-state index is 11.3. The van der Waals surface area contributed by atoms with Crippen molar-refractivity contribution in [3.05, 3.63) is 94.1 Å². The fourth-order valence-electron chi connectivity index (χ4n) is 3.42. The predicted octanol–water partition coefficient (Wildman–Crippen LogP) is 4.12. The van der Waals surface area contributed by atoms with Gasteiger partial charge in [-0.3, -0.25) is 9.78 Å². The Kier molecular flexibility index (Phi) is 7.98. The number of rotatable bonds is 11. The molecule has 1 atom stereocenters. The van der Waals surface area contributed by atoms with Crippen LogP contribution in [0.25, 0.3) is 11.1 Å². The monoisotopic (exact) mass is 477 g/mol. The topological polar surface area (TPSA) is 107 Å². The Morgan fingerprint density at radius 2 is 1.65 bits per heavy atom. The first-order chi connectivity index (χ1) is 16.6. The molecule has 176 valence electrons. The van der Waals surface area contributed by atoms with Crippen LogP contribution >= 0.6 is 11.3 Å². The Balaban J connectivity index is 1.14. The van der Waals surface area contributed by atoms with E-state index in [1.54, 1.807) is 0 Å². The molecule has 7 nitrogen and oxygen atoms in total. The van der Waals surface area contributed by atoms with Gasteiger partial charge in [-0.15, -0.1) is 0 Å². The lowest BCUT2D eigenvalue weighted by Gasteiger charge is -2.14. The number of benzene rings is 3. The number of ether oxygens (including phenoxy) is 1. The molecule has 0 spiro atoms. The van der Waals surface area contributed by atoms with E-state index in [1.165, 1.54) is 0 Å². The molecule has 3 aromatic carbocycles. The summed E-state index contributed by atoms with van der Waals surface area (Å²) in [5.41, 5.74) is 4.20. The molecule has 34 heavy (non-hydrogen) atoms. The van der Waals surface area contributed by atoms with E-state index in [9.17, 15) is 15.0 Å². The van der Waals surface area contributed by atoms with E-state index in [-0.39, 0.29) is 17.4 Å². The Morgan fingerprint density at radius 3 is 2.32 bits per heavy atom. The van der Waals surface area contributed by atoms with E-state index >= 15 is 0 Å². The van der Waals surface area contributed by atoms with Crippen molar-refractivity contribution in [1.29, 1.82) is 0 Å². The molecule has 5 N–H and O–H groups in total. The smallest absolute Gasteiger partial charge is 0.309 e. The minimum Gasteiger partial charge on any atom is -0.492 e. The molecule has 0 aliphatic carbocycles. The van der Waals surface area contributed by atoms with Crippen LogP contribution in [0.5, 0.6) is 11.6 Å². The maximum absolute atomic E-state index is 11.3. The number of aromatic nitrogens is 1. The van der Waals surface area contributed by atoms with Crippen LogP contribution in [0.3, 0.4) is 0 Å². The van der Waals surface area contributed by atoms with Crippen LogP contribution in [-0.2, 0) is 6.42 Å². The number of aromatic hydroxyl groups is 1. The summed E-state index contributed by atoms with van der Waals surface area (Å²) in [6, 6.07) is 25.8. The second kappa shape index (κ2) is 11.5. The fraction of sp³-hybridized carbons (Fsp3) is 0.192. The molecule has 8 heteroatoms. The number of hydrogen-bond acceptors (Lipinski definition) is 7. The lowest BCUT2D eigenvalue weighted by Crippen LogP contribution is -2.32. The van der Waals surface area contributed by atoms with Gasteiger partial charge in [0.15, 0.2) is 5.00 Å². The Morgan fingerprint density at radius 1 is 0.941 bits per heavy atom. The summed E-state index contributed by atoms with van der Waals surface area (Å²) in [5.74, 6) is 0.572. The Labute approximate surface area is 201 Å². The van der Waals surface area contributed by atoms with E-state index in [4.69, 9.17) is 4.74 Å². The van der Waals surface area contributed by atoms with Crippen LogP contribution in [0, 0.1) is 0 Å². The Hall–Kier alpha value is -3.59. The van der Waals surface area contributed by atoms with Gasteiger partial charge >= 0.3 is 4.87 Å². The molecule has 4 rings (SSSR count). The minimum atomic E-state index is -0.610. The van der Waals surface area contributed by atoms with Gasteiger partial charge in [-0.25, -0.2) is 0 Å². The Bertz CT molecular complexity index is 1220. The van der Waals surface area contributed by atoms with Crippen molar-refractivity contribution >= 4 is 22.0 Å². The lowest BCUT2D eigenvalue weighted by atomic mass is 10.1. The number of anilines is 2. The van der Waals surface area contributed by atoms with Gasteiger partial charge in [0.2, 0.25) is 5.88 Å². The van der Waals surface area contributed by atoms with Crippen LogP contribution in [0.15, 0.2) is 83.7 Å². The number of aromatic amines is 1. The highest BCUT2D eigenvalue weighted by atomic mass is 32.1. The van der Waals surface area contributed by atoms with Crippen molar-refractivity contribution in [2.45, 2.75) is 12.5 Å². The maximum Gasteiger partial charge on any atom is 0.309 e. The van der Waals surface area contributed by atoms with Crippen molar-refractivity contribution in [3.8, 4) is 22.8 Å². The molecule has 0 saturated heterocycles. The van der Waals surface area contributed by atoms with Crippen LogP contribution < -0.4 is 20.2 Å². The number of aliphatic hydroxyl groups is 1. The van der Waals surface area contributed by atoms with Gasteiger partial charge in [-0.05, 0) is 53.9 Å². The van der Waals surface area contributed by atoms with Gasteiger partial charge < -0.3 is 25.6 Å². The highest BCUT2D eigenvalue weighted by Crippen LogP contribution is 2.27. The van der Waals surface area contributed by atoms with Gasteiger partial charge in [0, 0.05) is 12.2 Å². The first-order valence-electron chi connectivity index (χ1n) is 11.0. The molecule has 0 unspecified atom stereocenters. The zero-order valence-corrected chi connectivity index (χ0v) is 19.3. The fourth-order valence-corrected chi connectivity index (χ4v) is 4.07. The largest absolute Gasteiger partial charge is 0.492 e. The molecule has 4 aromatic rings. The van der Waals surface area contributed by atoms with Gasteiger partial charge in [-0.1, -0.05) is 65.9 Å². The number of hydrogen-bond donors (Lipinski definition) is 5. The zero-order chi connectivity index (χ0) is 23.8. The molecular weight excluding hydrogens is 450 g/mol. The number of thiazole rings is 1. The van der Waals surface area contributed by atoms with Gasteiger partial charge in [-0.2, -0.15) is 0 Å². The highest BCUT2D eigenvalue weighted by Gasteiger charge is 2.08. The molecule has 0 fully saturated rings. The van der Waals surface area contributed by atoms with Gasteiger partial charge in [0.25, 0.3) is 0 Å². The van der Waals surface area contributed by atoms with Crippen LogP contribution in [0.2, 0.25) is 0 Å². The second-order valence-electron chi connectivity index (χ2n) is 7.82. The zero-order valence-electron chi connectivity index (χ0n) is 18.5. The standard InChI is InChI=1S/C26H27N3O4S/c30-22(17-33-23-12-8-20(9-13-23)19-4-2-1-3-5-19)16-27-15-14-18-6-10-21(11-7-18)28-25-24(31)29-26(32)34-25/h1-13,22,27-28,30-31H,14-17H2,(H,29,32)/t22-/m0/s1. The third kappa shape index (κ3) is 6.71. The molecule has 1 aromatic heterocycles. The molecule has 0 saturated carbocycles. The average Bonchev–Trinajstić information content (AvgIpc) is 3.18. The lowest BCUT2D eigenvalue weighted by molar-refractivity contribution is 0.106.